The lowest BCUT2D eigenvalue weighted by atomic mass is 10.3. The first-order valence-electron chi connectivity index (χ1n) is 6.11. The fourth-order valence-corrected chi connectivity index (χ4v) is 2.51. The predicted octanol–water partition coefficient (Wildman–Crippen LogP) is 4.25. The minimum atomic E-state index is -0.461. The van der Waals surface area contributed by atoms with E-state index in [-0.39, 0.29) is 5.02 Å². The number of alkyl halides is 1. The molecule has 0 spiro atoms. The van der Waals surface area contributed by atoms with Gasteiger partial charge in [0, 0.05) is 18.4 Å². The number of aryl methyl sites for hydroxylation is 1. The van der Waals surface area contributed by atoms with Gasteiger partial charge in [-0.15, -0.1) is 11.6 Å². The molecule has 0 saturated heterocycles. The highest BCUT2D eigenvalue weighted by Crippen LogP contribution is 2.25. The summed E-state index contributed by atoms with van der Waals surface area (Å²) in [5.41, 5.74) is 1.34. The fourth-order valence-electron chi connectivity index (χ4n) is 2.18. The number of hydrogen-bond acceptors (Lipinski definition) is 2. The van der Waals surface area contributed by atoms with E-state index in [4.69, 9.17) is 27.6 Å². The van der Waals surface area contributed by atoms with Gasteiger partial charge in [-0.2, -0.15) is 0 Å². The molecule has 3 aromatic rings. The van der Waals surface area contributed by atoms with Crippen LogP contribution in [0.25, 0.3) is 11.0 Å². The normalized spacial score (nSPS) is 11.3. The van der Waals surface area contributed by atoms with Gasteiger partial charge in [0.15, 0.2) is 0 Å². The van der Waals surface area contributed by atoms with Crippen LogP contribution in [0, 0.1) is 5.82 Å². The summed E-state index contributed by atoms with van der Waals surface area (Å²) in [6, 6.07) is 6.60. The van der Waals surface area contributed by atoms with Crippen molar-refractivity contribution in [2.45, 2.75) is 13.0 Å². The number of nitrogens with zero attached hydrogens (tertiary/aromatic N) is 2. The van der Waals surface area contributed by atoms with E-state index in [1.807, 2.05) is 16.7 Å². The maximum Gasteiger partial charge on any atom is 0.144 e. The van der Waals surface area contributed by atoms with E-state index in [1.54, 1.807) is 6.26 Å². The second kappa shape index (κ2) is 5.46. The van der Waals surface area contributed by atoms with E-state index in [0.29, 0.717) is 29.9 Å². The van der Waals surface area contributed by atoms with Crippen LogP contribution >= 0.6 is 23.2 Å². The van der Waals surface area contributed by atoms with Crippen molar-refractivity contribution < 1.29 is 8.81 Å². The van der Waals surface area contributed by atoms with Crippen molar-refractivity contribution in [3.8, 4) is 0 Å². The third-order valence-corrected chi connectivity index (χ3v) is 3.56. The Bertz CT molecular complexity index is 737. The average Bonchev–Trinajstić information content (AvgIpc) is 3.02. The molecule has 20 heavy (non-hydrogen) atoms. The highest BCUT2D eigenvalue weighted by Gasteiger charge is 2.14. The van der Waals surface area contributed by atoms with Crippen molar-refractivity contribution >= 4 is 34.2 Å². The summed E-state index contributed by atoms with van der Waals surface area (Å²) in [5, 5.41) is 0.0672. The number of hydrogen-bond donors (Lipinski definition) is 0. The minimum absolute atomic E-state index is 0.0672. The second-order valence-corrected chi connectivity index (χ2v) is 5.17. The van der Waals surface area contributed by atoms with Crippen LogP contribution in [-0.4, -0.2) is 15.4 Å². The molecule has 0 aliphatic carbocycles. The lowest BCUT2D eigenvalue weighted by Gasteiger charge is -2.06. The average molecular weight is 313 g/mol. The van der Waals surface area contributed by atoms with E-state index < -0.39 is 5.82 Å². The standard InChI is InChI=1S/C14H11Cl2FN2O/c15-4-3-14-18-12-6-10(16)11(17)7-13(12)19(14)8-9-2-1-5-20-9/h1-2,5-7H,3-4,8H2. The van der Waals surface area contributed by atoms with Crippen LogP contribution in [0.2, 0.25) is 5.02 Å². The highest BCUT2D eigenvalue weighted by atomic mass is 35.5. The van der Waals surface area contributed by atoms with Crippen molar-refractivity contribution in [1.29, 1.82) is 0 Å². The number of imidazole rings is 1. The quantitative estimate of drug-likeness (QED) is 0.674. The summed E-state index contributed by atoms with van der Waals surface area (Å²) in [6.07, 6.45) is 2.20. The Morgan fingerprint density at radius 2 is 2.20 bits per heavy atom. The van der Waals surface area contributed by atoms with Crippen LogP contribution in [0.3, 0.4) is 0 Å². The third kappa shape index (κ3) is 2.41. The summed E-state index contributed by atoms with van der Waals surface area (Å²) in [7, 11) is 0. The lowest BCUT2D eigenvalue weighted by Crippen LogP contribution is -2.05. The molecule has 0 atom stereocenters. The zero-order valence-corrected chi connectivity index (χ0v) is 12.0. The molecule has 0 bridgehead atoms. The van der Waals surface area contributed by atoms with Crippen molar-refractivity contribution in [2.24, 2.45) is 0 Å². The number of aromatic nitrogens is 2. The Morgan fingerprint density at radius 3 is 2.90 bits per heavy atom. The summed E-state index contributed by atoms with van der Waals surface area (Å²) in [4.78, 5) is 4.47. The molecule has 0 aliphatic heterocycles. The molecule has 0 fully saturated rings. The Balaban J connectivity index is 2.15. The predicted molar refractivity (Wildman–Crippen MR) is 76.9 cm³/mol. The number of furan rings is 1. The molecule has 2 aromatic heterocycles. The van der Waals surface area contributed by atoms with Crippen molar-refractivity contribution in [2.75, 3.05) is 5.88 Å². The maximum atomic E-state index is 13.7. The largest absolute Gasteiger partial charge is 0.467 e. The fraction of sp³-hybridized carbons (Fsp3) is 0.214. The number of halogens is 3. The Hall–Kier alpha value is -1.52. The molecule has 0 aliphatic rings. The van der Waals surface area contributed by atoms with E-state index in [0.717, 1.165) is 11.6 Å². The molecule has 104 valence electrons. The van der Waals surface area contributed by atoms with E-state index in [1.165, 1.54) is 12.1 Å². The van der Waals surface area contributed by atoms with Crippen LogP contribution in [0.1, 0.15) is 11.6 Å². The van der Waals surface area contributed by atoms with Gasteiger partial charge in [0.2, 0.25) is 0 Å². The molecule has 0 radical (unpaired) electrons. The maximum absolute atomic E-state index is 13.7. The molecule has 2 heterocycles. The SMILES string of the molecule is Fc1cc2c(cc1Cl)nc(CCCl)n2Cc1ccco1. The van der Waals surface area contributed by atoms with Crippen LogP contribution in [-0.2, 0) is 13.0 Å². The third-order valence-electron chi connectivity index (χ3n) is 3.08. The summed E-state index contributed by atoms with van der Waals surface area (Å²) in [5.74, 6) is 1.54. The van der Waals surface area contributed by atoms with Crippen LogP contribution < -0.4 is 0 Å². The monoisotopic (exact) mass is 312 g/mol. The Kier molecular flexibility index (Phi) is 3.68. The van der Waals surface area contributed by atoms with Gasteiger partial charge in [-0.3, -0.25) is 0 Å². The number of benzene rings is 1. The topological polar surface area (TPSA) is 31.0 Å². The van der Waals surface area contributed by atoms with Gasteiger partial charge in [-0.05, 0) is 18.2 Å². The van der Waals surface area contributed by atoms with Crippen LogP contribution in [0.15, 0.2) is 34.9 Å². The van der Waals surface area contributed by atoms with Crippen LogP contribution in [0.4, 0.5) is 4.39 Å². The minimum Gasteiger partial charge on any atom is -0.467 e. The van der Waals surface area contributed by atoms with Gasteiger partial charge >= 0.3 is 0 Å². The first-order valence-corrected chi connectivity index (χ1v) is 7.03. The molecule has 3 rings (SSSR count). The first-order chi connectivity index (χ1) is 9.69. The highest BCUT2D eigenvalue weighted by molar-refractivity contribution is 6.31. The summed E-state index contributed by atoms with van der Waals surface area (Å²) in [6.45, 7) is 0.483. The molecule has 6 heteroatoms. The molecule has 3 nitrogen and oxygen atoms in total. The van der Waals surface area contributed by atoms with Gasteiger partial charge in [0.25, 0.3) is 0 Å². The van der Waals surface area contributed by atoms with Crippen molar-refractivity contribution in [1.82, 2.24) is 9.55 Å². The van der Waals surface area contributed by atoms with Crippen molar-refractivity contribution in [3.05, 3.63) is 53.0 Å². The van der Waals surface area contributed by atoms with E-state index >= 15 is 0 Å². The Labute approximate surface area is 124 Å². The summed E-state index contributed by atoms with van der Waals surface area (Å²) < 4.78 is 20.9. The summed E-state index contributed by atoms with van der Waals surface area (Å²) >= 11 is 11.6. The van der Waals surface area contributed by atoms with Gasteiger partial charge in [-0.1, -0.05) is 11.6 Å². The van der Waals surface area contributed by atoms with E-state index in [2.05, 4.69) is 4.98 Å². The Morgan fingerprint density at radius 1 is 1.35 bits per heavy atom. The first kappa shape index (κ1) is 13.5. The van der Waals surface area contributed by atoms with Crippen molar-refractivity contribution in [3.63, 3.8) is 0 Å². The lowest BCUT2D eigenvalue weighted by molar-refractivity contribution is 0.492. The number of fused-ring (bicyclic) bond motifs is 1. The van der Waals surface area contributed by atoms with E-state index in [9.17, 15) is 4.39 Å². The second-order valence-electron chi connectivity index (χ2n) is 4.39. The molecule has 0 unspecified atom stereocenters. The van der Waals surface area contributed by atoms with Gasteiger partial charge in [0.05, 0.1) is 28.9 Å². The van der Waals surface area contributed by atoms with Gasteiger partial charge < -0.3 is 8.98 Å². The molecule has 0 saturated carbocycles. The number of rotatable bonds is 4. The van der Waals surface area contributed by atoms with Crippen LogP contribution in [0.5, 0.6) is 0 Å². The molecule has 0 amide bonds. The molecule has 0 N–H and O–H groups in total. The molecular weight excluding hydrogens is 302 g/mol. The van der Waals surface area contributed by atoms with Gasteiger partial charge in [-0.25, -0.2) is 9.37 Å². The van der Waals surface area contributed by atoms with Gasteiger partial charge in [0.1, 0.15) is 17.4 Å². The smallest absolute Gasteiger partial charge is 0.144 e. The molecular formula is C14H11Cl2FN2O. The zero-order chi connectivity index (χ0) is 14.1. The molecule has 1 aromatic carbocycles. The zero-order valence-electron chi connectivity index (χ0n) is 10.4.